The Morgan fingerprint density at radius 1 is 1.36 bits per heavy atom. The van der Waals surface area contributed by atoms with E-state index in [4.69, 9.17) is 23.2 Å². The minimum atomic E-state index is -1.02. The first-order chi connectivity index (χ1) is 10.4. The fourth-order valence-electron chi connectivity index (χ4n) is 3.23. The predicted molar refractivity (Wildman–Crippen MR) is 87.3 cm³/mol. The molecule has 1 aliphatic rings. The van der Waals surface area contributed by atoms with Crippen molar-refractivity contribution in [3.63, 3.8) is 0 Å². The molecule has 6 heteroatoms. The highest BCUT2D eigenvalue weighted by Crippen LogP contribution is 2.37. The van der Waals surface area contributed by atoms with Gasteiger partial charge in [0.25, 0.3) is 0 Å². The molecular formula is C16H21Cl2NO3. The molecule has 0 unspecified atom stereocenters. The van der Waals surface area contributed by atoms with Crippen LogP contribution in [-0.4, -0.2) is 40.3 Å². The summed E-state index contributed by atoms with van der Waals surface area (Å²) >= 11 is 12.0. The fraction of sp³-hybridized carbons (Fsp3) is 0.562. The Labute approximate surface area is 140 Å². The number of carboxylic acid groups (broad SMARTS) is 1. The molecular weight excluding hydrogens is 325 g/mol. The molecule has 4 nitrogen and oxygen atoms in total. The zero-order valence-electron chi connectivity index (χ0n) is 12.6. The van der Waals surface area contributed by atoms with Gasteiger partial charge in [0.15, 0.2) is 0 Å². The van der Waals surface area contributed by atoms with Crippen LogP contribution in [0.25, 0.3) is 0 Å². The highest BCUT2D eigenvalue weighted by Gasteiger charge is 2.47. The van der Waals surface area contributed by atoms with Crippen molar-refractivity contribution in [2.24, 2.45) is 5.41 Å². The van der Waals surface area contributed by atoms with Gasteiger partial charge >= 0.3 is 5.97 Å². The van der Waals surface area contributed by atoms with Crippen molar-refractivity contribution in [1.29, 1.82) is 0 Å². The van der Waals surface area contributed by atoms with Gasteiger partial charge in [-0.05, 0) is 43.1 Å². The molecule has 1 aromatic carbocycles. The number of carbonyl (C=O) groups is 1. The lowest BCUT2D eigenvalue weighted by atomic mass is 9.73. The van der Waals surface area contributed by atoms with Gasteiger partial charge in [-0.15, -0.1) is 0 Å². The Hall–Kier alpha value is -0.810. The number of hydrogen-bond acceptors (Lipinski definition) is 3. The lowest BCUT2D eigenvalue weighted by molar-refractivity contribution is -0.164. The first-order valence-corrected chi connectivity index (χ1v) is 8.22. The fourth-order valence-corrected chi connectivity index (χ4v) is 3.80. The van der Waals surface area contributed by atoms with Gasteiger partial charge in [0.1, 0.15) is 0 Å². The van der Waals surface area contributed by atoms with Gasteiger partial charge in [0, 0.05) is 23.1 Å². The third-order valence-corrected chi connectivity index (χ3v) is 4.83. The Morgan fingerprint density at radius 2 is 2.00 bits per heavy atom. The SMILES string of the molecule is CCC[C@]1(C(=O)O)CCN(Cc2cc(Cl)cc(Cl)c2)C[C@H]1O. The van der Waals surface area contributed by atoms with E-state index in [0.29, 0.717) is 42.5 Å². The summed E-state index contributed by atoms with van der Waals surface area (Å²) in [7, 11) is 0. The number of aliphatic hydroxyl groups excluding tert-OH is 1. The second kappa shape index (κ2) is 7.18. The average molecular weight is 346 g/mol. The number of rotatable bonds is 5. The van der Waals surface area contributed by atoms with Crippen LogP contribution in [0.1, 0.15) is 31.7 Å². The number of piperidine rings is 1. The van der Waals surface area contributed by atoms with Gasteiger partial charge in [-0.25, -0.2) is 0 Å². The number of carboxylic acids is 1. The highest BCUT2D eigenvalue weighted by atomic mass is 35.5. The number of halogens is 2. The summed E-state index contributed by atoms with van der Waals surface area (Å²) in [6, 6.07) is 5.35. The number of aliphatic hydroxyl groups is 1. The molecule has 0 spiro atoms. The van der Waals surface area contributed by atoms with E-state index in [1.807, 2.05) is 24.0 Å². The normalized spacial score (nSPS) is 26.1. The van der Waals surface area contributed by atoms with E-state index in [-0.39, 0.29) is 0 Å². The molecule has 0 saturated carbocycles. The molecule has 1 heterocycles. The van der Waals surface area contributed by atoms with Crippen molar-refractivity contribution in [1.82, 2.24) is 4.90 Å². The van der Waals surface area contributed by atoms with E-state index in [1.54, 1.807) is 6.07 Å². The highest BCUT2D eigenvalue weighted by molar-refractivity contribution is 6.34. The van der Waals surface area contributed by atoms with Crippen molar-refractivity contribution < 1.29 is 15.0 Å². The van der Waals surface area contributed by atoms with Crippen LogP contribution in [0, 0.1) is 5.41 Å². The van der Waals surface area contributed by atoms with Crippen LogP contribution >= 0.6 is 23.2 Å². The number of aliphatic carboxylic acids is 1. The number of likely N-dealkylation sites (tertiary alicyclic amines) is 1. The zero-order chi connectivity index (χ0) is 16.3. The largest absolute Gasteiger partial charge is 0.481 e. The Balaban J connectivity index is 2.07. The summed E-state index contributed by atoms with van der Waals surface area (Å²) in [5.74, 6) is -0.896. The molecule has 22 heavy (non-hydrogen) atoms. The summed E-state index contributed by atoms with van der Waals surface area (Å²) in [6.07, 6.45) is 0.826. The quantitative estimate of drug-likeness (QED) is 0.858. The Bertz CT molecular complexity index is 532. The smallest absolute Gasteiger partial charge is 0.312 e. The van der Waals surface area contributed by atoms with Gasteiger partial charge in [-0.1, -0.05) is 36.5 Å². The van der Waals surface area contributed by atoms with E-state index in [1.165, 1.54) is 0 Å². The molecule has 122 valence electrons. The zero-order valence-corrected chi connectivity index (χ0v) is 14.1. The molecule has 1 fully saturated rings. The Kier molecular flexibility index (Phi) is 5.72. The summed E-state index contributed by atoms with van der Waals surface area (Å²) in [6.45, 7) is 3.51. The number of nitrogens with zero attached hydrogens (tertiary/aromatic N) is 1. The average Bonchev–Trinajstić information content (AvgIpc) is 2.40. The van der Waals surface area contributed by atoms with Crippen LogP contribution in [0.3, 0.4) is 0 Å². The van der Waals surface area contributed by atoms with Gasteiger partial charge < -0.3 is 10.2 Å². The standard InChI is InChI=1S/C16H21Cl2NO3/c1-2-3-16(15(21)22)4-5-19(10-14(16)20)9-11-6-12(17)8-13(18)7-11/h6-8,14,20H,2-5,9-10H2,1H3,(H,21,22)/t14-,16+/m1/s1. The van der Waals surface area contributed by atoms with Crippen LogP contribution in [-0.2, 0) is 11.3 Å². The predicted octanol–water partition coefficient (Wildman–Crippen LogP) is 3.43. The van der Waals surface area contributed by atoms with Gasteiger partial charge in [0.2, 0.25) is 0 Å². The third-order valence-electron chi connectivity index (χ3n) is 4.39. The monoisotopic (exact) mass is 345 g/mol. The first-order valence-electron chi connectivity index (χ1n) is 7.46. The minimum absolute atomic E-state index is 0.344. The second-order valence-corrected chi connectivity index (χ2v) is 6.86. The molecule has 0 bridgehead atoms. The lowest BCUT2D eigenvalue weighted by Gasteiger charge is -2.42. The summed E-state index contributed by atoms with van der Waals surface area (Å²) in [4.78, 5) is 13.7. The van der Waals surface area contributed by atoms with E-state index >= 15 is 0 Å². The Morgan fingerprint density at radius 3 is 2.50 bits per heavy atom. The summed E-state index contributed by atoms with van der Waals surface area (Å²) < 4.78 is 0. The molecule has 1 saturated heterocycles. The van der Waals surface area contributed by atoms with Crippen LogP contribution in [0.4, 0.5) is 0 Å². The lowest BCUT2D eigenvalue weighted by Crippen LogP contribution is -2.54. The number of benzene rings is 1. The van der Waals surface area contributed by atoms with Crippen LogP contribution in [0.15, 0.2) is 18.2 Å². The summed E-state index contributed by atoms with van der Waals surface area (Å²) in [5.41, 5.74) is -0.0555. The first kappa shape index (κ1) is 17.5. The van der Waals surface area contributed by atoms with E-state index < -0.39 is 17.5 Å². The van der Waals surface area contributed by atoms with Crippen molar-refractivity contribution >= 4 is 29.2 Å². The van der Waals surface area contributed by atoms with Crippen molar-refractivity contribution in [3.8, 4) is 0 Å². The molecule has 0 aliphatic carbocycles. The van der Waals surface area contributed by atoms with E-state index in [0.717, 1.165) is 12.0 Å². The van der Waals surface area contributed by atoms with Crippen LogP contribution in [0.2, 0.25) is 10.0 Å². The topological polar surface area (TPSA) is 60.8 Å². The van der Waals surface area contributed by atoms with Crippen molar-refractivity contribution in [2.75, 3.05) is 13.1 Å². The van der Waals surface area contributed by atoms with Gasteiger partial charge in [-0.2, -0.15) is 0 Å². The van der Waals surface area contributed by atoms with Gasteiger partial charge in [0.05, 0.1) is 11.5 Å². The maximum Gasteiger partial charge on any atom is 0.312 e. The molecule has 2 rings (SSSR count). The molecule has 0 aromatic heterocycles. The number of hydrogen-bond donors (Lipinski definition) is 2. The van der Waals surface area contributed by atoms with Crippen molar-refractivity contribution in [3.05, 3.63) is 33.8 Å². The van der Waals surface area contributed by atoms with Gasteiger partial charge in [-0.3, -0.25) is 9.69 Å². The van der Waals surface area contributed by atoms with Crippen LogP contribution in [0.5, 0.6) is 0 Å². The molecule has 0 amide bonds. The minimum Gasteiger partial charge on any atom is -0.481 e. The summed E-state index contributed by atoms with van der Waals surface area (Å²) in [5, 5.41) is 21.1. The third kappa shape index (κ3) is 3.74. The van der Waals surface area contributed by atoms with Crippen molar-refractivity contribution in [2.45, 2.75) is 38.8 Å². The molecule has 2 N–H and O–H groups in total. The maximum absolute atomic E-state index is 11.6. The molecule has 1 aromatic rings. The number of β-amino-alcohol motifs (C(OH)–C–C–N with tert-alkyl or cyclic N) is 1. The molecule has 2 atom stereocenters. The molecule has 0 radical (unpaired) electrons. The maximum atomic E-state index is 11.6. The van der Waals surface area contributed by atoms with E-state index in [9.17, 15) is 15.0 Å². The second-order valence-electron chi connectivity index (χ2n) is 5.99. The van der Waals surface area contributed by atoms with Crippen LogP contribution < -0.4 is 0 Å². The van der Waals surface area contributed by atoms with E-state index in [2.05, 4.69) is 0 Å². The molecule has 1 aliphatic heterocycles.